The van der Waals surface area contributed by atoms with Gasteiger partial charge in [0.2, 0.25) is 0 Å². The van der Waals surface area contributed by atoms with E-state index in [-0.39, 0.29) is 10.5 Å². The zero-order chi connectivity index (χ0) is 11.5. The molecule has 2 unspecified atom stereocenters. The van der Waals surface area contributed by atoms with Crippen LogP contribution in [0.5, 0.6) is 0 Å². The van der Waals surface area contributed by atoms with E-state index >= 15 is 0 Å². The Morgan fingerprint density at radius 3 is 2.07 bits per heavy atom. The molecule has 6 heteroatoms. The molecule has 1 amide bonds. The van der Waals surface area contributed by atoms with Crippen LogP contribution >= 0.6 is 0 Å². The first kappa shape index (κ1) is 12.9. The van der Waals surface area contributed by atoms with Crippen molar-refractivity contribution in [1.29, 1.82) is 0 Å². The van der Waals surface area contributed by atoms with Gasteiger partial charge in [0.15, 0.2) is 6.04 Å². The van der Waals surface area contributed by atoms with Crippen LogP contribution in [0, 0.1) is 0 Å². The summed E-state index contributed by atoms with van der Waals surface area (Å²) in [6.45, 7) is 3.05. The number of hydrogen-bond donors (Lipinski definition) is 3. The van der Waals surface area contributed by atoms with Crippen LogP contribution in [0.4, 0.5) is 0 Å². The summed E-state index contributed by atoms with van der Waals surface area (Å²) in [5, 5.41) is 10.9. The molecule has 6 nitrogen and oxygen atoms in total. The van der Waals surface area contributed by atoms with Gasteiger partial charge >= 0.3 is 5.97 Å². The highest BCUT2D eigenvalue weighted by Crippen LogP contribution is 1.98. The lowest BCUT2D eigenvalue weighted by Gasteiger charge is -2.29. The molecule has 0 radical (unpaired) electrons. The summed E-state index contributed by atoms with van der Waals surface area (Å²) < 4.78 is -0.0296. The Labute approximate surface area is 83.2 Å². The molecular formula is C8H18N3O3+. The fourth-order valence-corrected chi connectivity index (χ4v) is 0.698. The molecule has 0 fully saturated rings. The Kier molecular flexibility index (Phi) is 4.03. The van der Waals surface area contributed by atoms with E-state index in [0.29, 0.717) is 0 Å². The maximum atomic E-state index is 11.4. The van der Waals surface area contributed by atoms with E-state index < -0.39 is 18.1 Å². The highest BCUT2D eigenvalue weighted by molar-refractivity contribution is 5.85. The number of rotatable bonds is 4. The zero-order valence-corrected chi connectivity index (χ0v) is 8.94. The van der Waals surface area contributed by atoms with Crippen LogP contribution in [-0.2, 0) is 9.59 Å². The van der Waals surface area contributed by atoms with Crippen molar-refractivity contribution in [3.63, 3.8) is 0 Å². The standard InChI is InChI=1S/C8H17N3O3/c1-5(8(13)14)10-7(12)6(2)11(3,4)9/h5-6H,9H2,1-4H3,(H-,10,12,13,14)/p+1. The lowest BCUT2D eigenvalue weighted by molar-refractivity contribution is -0.915. The van der Waals surface area contributed by atoms with Gasteiger partial charge in [-0.1, -0.05) is 0 Å². The van der Waals surface area contributed by atoms with Gasteiger partial charge < -0.3 is 10.4 Å². The van der Waals surface area contributed by atoms with E-state index in [0.717, 1.165) is 0 Å². The molecule has 0 aromatic heterocycles. The minimum absolute atomic E-state index is 0.0296. The largest absolute Gasteiger partial charge is 0.480 e. The summed E-state index contributed by atoms with van der Waals surface area (Å²) in [7, 11) is 3.32. The highest BCUT2D eigenvalue weighted by Gasteiger charge is 2.29. The predicted molar refractivity (Wildman–Crippen MR) is 51.0 cm³/mol. The topological polar surface area (TPSA) is 92.4 Å². The Morgan fingerprint density at radius 1 is 1.36 bits per heavy atom. The number of carbonyl (C=O) groups is 2. The number of nitrogens with zero attached hydrogens (tertiary/aromatic N) is 1. The zero-order valence-electron chi connectivity index (χ0n) is 8.94. The van der Waals surface area contributed by atoms with E-state index in [2.05, 4.69) is 5.32 Å². The summed E-state index contributed by atoms with van der Waals surface area (Å²) in [5.74, 6) is 4.23. The van der Waals surface area contributed by atoms with Gasteiger partial charge in [0.1, 0.15) is 6.04 Å². The molecule has 0 aromatic carbocycles. The average molecular weight is 204 g/mol. The van der Waals surface area contributed by atoms with E-state index in [1.165, 1.54) is 6.92 Å². The molecule has 0 aromatic rings. The maximum absolute atomic E-state index is 11.4. The van der Waals surface area contributed by atoms with Crippen LogP contribution in [0.15, 0.2) is 0 Å². The van der Waals surface area contributed by atoms with Gasteiger partial charge in [0.05, 0.1) is 14.1 Å². The molecule has 82 valence electrons. The average Bonchev–Trinajstić information content (AvgIpc) is 2.00. The van der Waals surface area contributed by atoms with Crippen molar-refractivity contribution < 1.29 is 19.3 Å². The predicted octanol–water partition coefficient (Wildman–Crippen LogP) is -1.09. The molecule has 0 heterocycles. The second-order valence-electron chi connectivity index (χ2n) is 3.87. The van der Waals surface area contributed by atoms with Crippen LogP contribution in [-0.4, -0.2) is 47.8 Å². The van der Waals surface area contributed by atoms with Gasteiger partial charge in [0, 0.05) is 0 Å². The van der Waals surface area contributed by atoms with Crippen molar-refractivity contribution in [3.05, 3.63) is 0 Å². The van der Waals surface area contributed by atoms with E-state index in [4.69, 9.17) is 10.9 Å². The Hall–Kier alpha value is -1.14. The first-order valence-electron chi connectivity index (χ1n) is 4.31. The number of hydrogen-bond acceptors (Lipinski definition) is 3. The van der Waals surface area contributed by atoms with Gasteiger partial charge in [-0.2, -0.15) is 5.84 Å². The number of aliphatic carboxylic acids is 1. The molecule has 0 aliphatic rings. The first-order valence-corrected chi connectivity index (χ1v) is 4.31. The summed E-state index contributed by atoms with van der Waals surface area (Å²) in [5.41, 5.74) is 0. The Balaban J connectivity index is 4.29. The minimum Gasteiger partial charge on any atom is -0.480 e. The number of nitrogens with two attached hydrogens (primary N) is 1. The first-order chi connectivity index (χ1) is 6.16. The van der Waals surface area contributed by atoms with Crippen LogP contribution < -0.4 is 11.2 Å². The van der Waals surface area contributed by atoms with Crippen molar-refractivity contribution in [2.24, 2.45) is 5.84 Å². The normalized spacial score (nSPS) is 15.8. The Morgan fingerprint density at radius 2 is 1.79 bits per heavy atom. The smallest absolute Gasteiger partial charge is 0.325 e. The van der Waals surface area contributed by atoms with Crippen LogP contribution in [0.1, 0.15) is 13.8 Å². The summed E-state index contributed by atoms with van der Waals surface area (Å²) in [4.78, 5) is 21.9. The SMILES string of the molecule is CC(NC(=O)C(C)[N+](C)(C)N)C(=O)O. The van der Waals surface area contributed by atoms with Crippen LogP contribution in [0.2, 0.25) is 0 Å². The third-order valence-corrected chi connectivity index (χ3v) is 2.11. The third-order valence-electron chi connectivity index (χ3n) is 2.11. The lowest BCUT2D eigenvalue weighted by atomic mass is 10.2. The summed E-state index contributed by atoms with van der Waals surface area (Å²) >= 11 is 0. The van der Waals surface area contributed by atoms with Crippen LogP contribution in [0.3, 0.4) is 0 Å². The maximum Gasteiger partial charge on any atom is 0.325 e. The molecule has 0 bridgehead atoms. The molecule has 0 rings (SSSR count). The molecular weight excluding hydrogens is 186 g/mol. The van der Waals surface area contributed by atoms with Crippen molar-refractivity contribution in [2.45, 2.75) is 25.9 Å². The highest BCUT2D eigenvalue weighted by atomic mass is 16.4. The molecule has 0 aliphatic carbocycles. The number of amides is 1. The fourth-order valence-electron chi connectivity index (χ4n) is 0.698. The molecule has 0 saturated heterocycles. The number of carboxylic acid groups (broad SMARTS) is 1. The second kappa shape index (κ2) is 4.39. The monoisotopic (exact) mass is 204 g/mol. The van der Waals surface area contributed by atoms with Crippen molar-refractivity contribution in [1.82, 2.24) is 5.32 Å². The van der Waals surface area contributed by atoms with Crippen molar-refractivity contribution in [3.8, 4) is 0 Å². The summed E-state index contributed by atoms with van der Waals surface area (Å²) in [6.07, 6.45) is 0. The Bertz CT molecular complexity index is 234. The minimum atomic E-state index is -1.06. The summed E-state index contributed by atoms with van der Waals surface area (Å²) in [6, 6.07) is -1.38. The van der Waals surface area contributed by atoms with Gasteiger partial charge in [-0.25, -0.2) is 4.59 Å². The number of quaternary nitrogens is 1. The van der Waals surface area contributed by atoms with Crippen molar-refractivity contribution in [2.75, 3.05) is 14.1 Å². The van der Waals surface area contributed by atoms with Crippen LogP contribution in [0.25, 0.3) is 0 Å². The number of carbonyl (C=O) groups excluding carboxylic acids is 1. The number of likely N-dealkylation sites (N-methyl/N-ethyl adjacent to an activating group) is 1. The van der Waals surface area contributed by atoms with Crippen molar-refractivity contribution >= 4 is 11.9 Å². The lowest BCUT2D eigenvalue weighted by Crippen LogP contribution is -2.60. The second-order valence-corrected chi connectivity index (χ2v) is 3.87. The van der Waals surface area contributed by atoms with Gasteiger partial charge in [0.25, 0.3) is 5.91 Å². The molecule has 0 saturated carbocycles. The van der Waals surface area contributed by atoms with E-state index in [1.807, 2.05) is 0 Å². The molecule has 0 spiro atoms. The molecule has 4 N–H and O–H groups in total. The molecule has 0 aliphatic heterocycles. The molecule has 2 atom stereocenters. The molecule has 14 heavy (non-hydrogen) atoms. The fraction of sp³-hybridized carbons (Fsp3) is 0.750. The van der Waals surface area contributed by atoms with E-state index in [9.17, 15) is 9.59 Å². The van der Waals surface area contributed by atoms with Gasteiger partial charge in [-0.05, 0) is 13.8 Å². The third kappa shape index (κ3) is 3.71. The quantitative estimate of drug-likeness (QED) is 0.308. The number of carboxylic acids is 1. The van der Waals surface area contributed by atoms with Gasteiger partial charge in [-0.15, -0.1) is 0 Å². The number of nitrogens with one attached hydrogen (secondary N) is 1. The van der Waals surface area contributed by atoms with Gasteiger partial charge in [-0.3, -0.25) is 9.59 Å². The van der Waals surface area contributed by atoms with E-state index in [1.54, 1.807) is 21.0 Å².